The Morgan fingerprint density at radius 1 is 1.07 bits per heavy atom. The van der Waals surface area contributed by atoms with E-state index in [-0.39, 0.29) is 11.8 Å². The van der Waals surface area contributed by atoms with Crippen molar-refractivity contribution < 1.29 is 9.59 Å². The number of alkyl halides is 1. The molecule has 3 rings (SSSR count). The summed E-state index contributed by atoms with van der Waals surface area (Å²) in [4.78, 5) is 29.2. The van der Waals surface area contributed by atoms with E-state index in [2.05, 4.69) is 5.32 Å². The summed E-state index contributed by atoms with van der Waals surface area (Å²) in [5.74, 6) is -0.321. The number of rotatable bonds is 5. The molecule has 0 spiro atoms. The number of amides is 2. The minimum absolute atomic E-state index is 0.00205. The summed E-state index contributed by atoms with van der Waals surface area (Å²) < 4.78 is 0. The number of carbonyl (C=O) groups is 2. The Kier molecular flexibility index (Phi) is 6.01. The molecule has 1 saturated heterocycles. The minimum Gasteiger partial charge on any atom is -0.377 e. The number of anilines is 2. The number of benzene rings is 2. The normalized spacial score (nSPS) is 14.7. The van der Waals surface area contributed by atoms with Crippen molar-refractivity contribution in [3.05, 3.63) is 59.7 Å². The van der Waals surface area contributed by atoms with Gasteiger partial charge < -0.3 is 15.1 Å². The molecule has 5 nitrogen and oxygen atoms in total. The highest BCUT2D eigenvalue weighted by Crippen LogP contribution is 2.27. The van der Waals surface area contributed by atoms with Crippen molar-refractivity contribution in [1.82, 2.24) is 4.90 Å². The predicted octanol–water partition coefficient (Wildman–Crippen LogP) is 3.91. The van der Waals surface area contributed by atoms with Crippen LogP contribution in [0.3, 0.4) is 0 Å². The Balaban J connectivity index is 1.82. The van der Waals surface area contributed by atoms with Gasteiger partial charge in [0, 0.05) is 38.6 Å². The fourth-order valence-corrected chi connectivity index (χ4v) is 3.44. The van der Waals surface area contributed by atoms with Crippen LogP contribution in [0.15, 0.2) is 48.5 Å². The minimum atomic E-state index is -0.794. The van der Waals surface area contributed by atoms with Crippen molar-refractivity contribution in [2.24, 2.45) is 0 Å². The lowest BCUT2D eigenvalue weighted by molar-refractivity contribution is -0.116. The van der Waals surface area contributed by atoms with Gasteiger partial charge in [-0.2, -0.15) is 0 Å². The quantitative estimate of drug-likeness (QED) is 0.794. The molecule has 0 unspecified atom stereocenters. The van der Waals surface area contributed by atoms with Crippen LogP contribution in [0.5, 0.6) is 0 Å². The van der Waals surface area contributed by atoms with Gasteiger partial charge in [-0.05, 0) is 36.6 Å². The molecule has 6 heteroatoms. The third-order valence-corrected chi connectivity index (χ3v) is 5.14. The van der Waals surface area contributed by atoms with E-state index in [0.29, 0.717) is 11.3 Å². The first-order valence-corrected chi connectivity index (χ1v) is 9.51. The number of carbonyl (C=O) groups excluding carboxylic acids is 2. The molecule has 2 aromatic rings. The lowest BCUT2D eigenvalue weighted by Crippen LogP contribution is -2.29. The van der Waals surface area contributed by atoms with E-state index in [1.807, 2.05) is 60.3 Å². The highest BCUT2D eigenvalue weighted by Gasteiger charge is 2.24. The first-order valence-electron chi connectivity index (χ1n) is 9.08. The van der Waals surface area contributed by atoms with Crippen molar-refractivity contribution in [1.29, 1.82) is 0 Å². The molecule has 1 atom stereocenters. The van der Waals surface area contributed by atoms with Gasteiger partial charge in [0.05, 0.1) is 5.56 Å². The van der Waals surface area contributed by atoms with E-state index < -0.39 is 5.38 Å². The smallest absolute Gasteiger partial charge is 0.256 e. The Hall–Kier alpha value is -2.53. The third-order valence-electron chi connectivity index (χ3n) is 4.69. The highest BCUT2D eigenvalue weighted by atomic mass is 35.5. The summed E-state index contributed by atoms with van der Waals surface area (Å²) in [6.07, 6.45) is 2.06. The van der Waals surface area contributed by atoms with E-state index in [0.717, 1.165) is 37.2 Å². The molecule has 142 valence electrons. The van der Waals surface area contributed by atoms with Crippen LogP contribution < -0.4 is 10.2 Å². The van der Waals surface area contributed by atoms with E-state index in [1.54, 1.807) is 12.1 Å². The van der Waals surface area contributed by atoms with Crippen molar-refractivity contribution in [2.45, 2.75) is 18.2 Å². The molecule has 1 heterocycles. The first kappa shape index (κ1) is 19.2. The largest absolute Gasteiger partial charge is 0.377 e. The van der Waals surface area contributed by atoms with Crippen molar-refractivity contribution in [3.8, 4) is 0 Å². The van der Waals surface area contributed by atoms with Crippen LogP contribution in [0.2, 0.25) is 0 Å². The molecule has 0 saturated carbocycles. The predicted molar refractivity (Wildman–Crippen MR) is 110 cm³/mol. The first-order chi connectivity index (χ1) is 13.0. The lowest BCUT2D eigenvalue weighted by atomic mass is 10.1. The van der Waals surface area contributed by atoms with Crippen molar-refractivity contribution in [3.63, 3.8) is 0 Å². The van der Waals surface area contributed by atoms with Gasteiger partial charge in [0.2, 0.25) is 5.91 Å². The average Bonchev–Trinajstić information content (AvgIpc) is 3.22. The maximum Gasteiger partial charge on any atom is 0.256 e. The van der Waals surface area contributed by atoms with Crippen LogP contribution >= 0.6 is 11.6 Å². The summed E-state index contributed by atoms with van der Waals surface area (Å²) in [5.41, 5.74) is 2.71. The van der Waals surface area contributed by atoms with Gasteiger partial charge >= 0.3 is 0 Å². The molecule has 0 bridgehead atoms. The van der Waals surface area contributed by atoms with Crippen LogP contribution in [0.25, 0.3) is 0 Å². The zero-order valence-corrected chi connectivity index (χ0v) is 16.4. The molecule has 1 N–H and O–H groups in total. The Morgan fingerprint density at radius 3 is 2.37 bits per heavy atom. The van der Waals surface area contributed by atoms with Crippen LogP contribution in [0.1, 0.15) is 34.1 Å². The molecule has 1 fully saturated rings. The maximum atomic E-state index is 12.9. The number of hydrogen-bond donors (Lipinski definition) is 1. The molecular formula is C21H24ClN3O2. The summed E-state index contributed by atoms with van der Waals surface area (Å²) >= 11 is 6.30. The van der Waals surface area contributed by atoms with E-state index in [4.69, 9.17) is 11.6 Å². The standard InChI is InChI=1S/C21H24ClN3O2/c1-24(2)18-11-10-16(14-17(18)21(27)25-12-6-7-13-25)23-20(26)19(22)15-8-4-3-5-9-15/h3-5,8-11,14,19H,6-7,12-13H2,1-2H3,(H,23,26)/t19-/m1/s1. The number of nitrogens with one attached hydrogen (secondary N) is 1. The summed E-state index contributed by atoms with van der Waals surface area (Å²) in [5, 5.41) is 2.04. The Morgan fingerprint density at radius 2 is 1.74 bits per heavy atom. The number of nitrogens with zero attached hydrogens (tertiary/aromatic N) is 2. The molecule has 1 aliphatic heterocycles. The fourth-order valence-electron chi connectivity index (χ4n) is 3.24. The average molecular weight is 386 g/mol. The van der Waals surface area contributed by atoms with Gasteiger partial charge in [-0.25, -0.2) is 0 Å². The zero-order chi connectivity index (χ0) is 19.4. The van der Waals surface area contributed by atoms with E-state index >= 15 is 0 Å². The Bertz CT molecular complexity index is 817. The molecule has 0 radical (unpaired) electrons. The van der Waals surface area contributed by atoms with Crippen molar-refractivity contribution in [2.75, 3.05) is 37.4 Å². The molecule has 2 aromatic carbocycles. The van der Waals surface area contributed by atoms with Crippen molar-refractivity contribution >= 4 is 34.8 Å². The van der Waals surface area contributed by atoms with Gasteiger partial charge in [0.15, 0.2) is 0 Å². The molecule has 27 heavy (non-hydrogen) atoms. The van der Waals surface area contributed by atoms with Crippen LogP contribution in [-0.4, -0.2) is 43.9 Å². The lowest BCUT2D eigenvalue weighted by Gasteiger charge is -2.22. The van der Waals surface area contributed by atoms with Crippen LogP contribution in [-0.2, 0) is 4.79 Å². The second kappa shape index (κ2) is 8.44. The fraction of sp³-hybridized carbons (Fsp3) is 0.333. The summed E-state index contributed by atoms with van der Waals surface area (Å²) in [7, 11) is 3.80. The van der Waals surface area contributed by atoms with Gasteiger partial charge in [-0.1, -0.05) is 30.3 Å². The SMILES string of the molecule is CN(C)c1ccc(NC(=O)[C@H](Cl)c2ccccc2)cc1C(=O)N1CCCC1. The molecular weight excluding hydrogens is 362 g/mol. The van der Waals surface area contributed by atoms with Crippen LogP contribution in [0, 0.1) is 0 Å². The molecule has 2 amide bonds. The van der Waals surface area contributed by atoms with E-state index in [9.17, 15) is 9.59 Å². The Labute approximate surface area is 164 Å². The molecule has 0 aliphatic carbocycles. The van der Waals surface area contributed by atoms with Gasteiger partial charge in [-0.15, -0.1) is 11.6 Å². The maximum absolute atomic E-state index is 12.9. The molecule has 0 aromatic heterocycles. The monoisotopic (exact) mass is 385 g/mol. The number of hydrogen-bond acceptors (Lipinski definition) is 3. The van der Waals surface area contributed by atoms with Gasteiger partial charge in [-0.3, -0.25) is 9.59 Å². The second-order valence-electron chi connectivity index (χ2n) is 6.89. The highest BCUT2D eigenvalue weighted by molar-refractivity contribution is 6.32. The summed E-state index contributed by atoms with van der Waals surface area (Å²) in [6, 6.07) is 14.6. The van der Waals surface area contributed by atoms with E-state index in [1.165, 1.54) is 0 Å². The number of likely N-dealkylation sites (tertiary alicyclic amines) is 1. The third kappa shape index (κ3) is 4.42. The van der Waals surface area contributed by atoms with Gasteiger partial charge in [0.1, 0.15) is 5.38 Å². The summed E-state index contributed by atoms with van der Waals surface area (Å²) in [6.45, 7) is 1.56. The van der Waals surface area contributed by atoms with Gasteiger partial charge in [0.25, 0.3) is 5.91 Å². The zero-order valence-electron chi connectivity index (χ0n) is 15.6. The second-order valence-corrected chi connectivity index (χ2v) is 7.32. The molecule has 1 aliphatic rings. The van der Waals surface area contributed by atoms with Crippen LogP contribution in [0.4, 0.5) is 11.4 Å². The number of halogens is 1. The topological polar surface area (TPSA) is 52.7 Å².